The number of halogens is 1. The predicted octanol–water partition coefficient (Wildman–Crippen LogP) is 4.77. The lowest BCUT2D eigenvalue weighted by atomic mass is 9.92. The molecule has 1 aromatic carbocycles. The van der Waals surface area contributed by atoms with Crippen LogP contribution in [0.15, 0.2) is 18.2 Å². The van der Waals surface area contributed by atoms with Gasteiger partial charge in [-0.15, -0.1) is 0 Å². The molecule has 0 aromatic heterocycles. The predicted molar refractivity (Wildman–Crippen MR) is 114 cm³/mol. The van der Waals surface area contributed by atoms with Crippen molar-refractivity contribution in [2.75, 3.05) is 26.2 Å². The molecule has 6 nitrogen and oxygen atoms in total. The zero-order chi connectivity index (χ0) is 22.1. The number of carbonyl (C=O) groups excluding carboxylic acids is 2. The normalized spacial score (nSPS) is 15.0. The van der Waals surface area contributed by atoms with Crippen LogP contribution >= 0.6 is 0 Å². The van der Waals surface area contributed by atoms with Gasteiger partial charge < -0.3 is 19.7 Å². The van der Waals surface area contributed by atoms with Crippen molar-refractivity contribution in [2.45, 2.75) is 65.4 Å². The highest BCUT2D eigenvalue weighted by molar-refractivity contribution is 5.94. The van der Waals surface area contributed by atoms with Crippen molar-refractivity contribution in [1.82, 2.24) is 10.2 Å². The minimum absolute atomic E-state index is 0.0348. The topological polar surface area (TPSA) is 67.9 Å². The Bertz CT molecular complexity index is 710. The van der Waals surface area contributed by atoms with Crippen molar-refractivity contribution >= 4 is 12.0 Å². The molecule has 0 unspecified atom stereocenters. The van der Waals surface area contributed by atoms with Gasteiger partial charge in [0.25, 0.3) is 5.91 Å². The van der Waals surface area contributed by atoms with Gasteiger partial charge in [-0.25, -0.2) is 9.18 Å². The second-order valence-corrected chi connectivity index (χ2v) is 8.80. The summed E-state index contributed by atoms with van der Waals surface area (Å²) in [7, 11) is 0. The van der Waals surface area contributed by atoms with Gasteiger partial charge in [-0.3, -0.25) is 4.79 Å². The van der Waals surface area contributed by atoms with Crippen LogP contribution in [0.3, 0.4) is 0 Å². The summed E-state index contributed by atoms with van der Waals surface area (Å²) >= 11 is 0. The van der Waals surface area contributed by atoms with Crippen LogP contribution in [0, 0.1) is 11.7 Å². The van der Waals surface area contributed by atoms with E-state index in [1.165, 1.54) is 12.1 Å². The highest BCUT2D eigenvalue weighted by atomic mass is 19.1. The molecule has 1 heterocycles. The first-order valence-electron chi connectivity index (χ1n) is 10.9. The summed E-state index contributed by atoms with van der Waals surface area (Å²) in [6.45, 7) is 10.0. The molecule has 2 amide bonds. The number of carbonyl (C=O) groups is 2. The monoisotopic (exact) mass is 422 g/mol. The van der Waals surface area contributed by atoms with E-state index in [2.05, 4.69) is 5.32 Å². The Balaban J connectivity index is 1.68. The summed E-state index contributed by atoms with van der Waals surface area (Å²) in [5, 5.41) is 2.67. The van der Waals surface area contributed by atoms with Crippen LogP contribution in [0.1, 0.15) is 70.2 Å². The number of benzene rings is 1. The van der Waals surface area contributed by atoms with E-state index in [1.807, 2.05) is 27.7 Å². The summed E-state index contributed by atoms with van der Waals surface area (Å²) < 4.78 is 25.2. The number of ether oxygens (including phenoxy) is 2. The number of hydrogen-bond donors (Lipinski definition) is 1. The summed E-state index contributed by atoms with van der Waals surface area (Å²) in [6.07, 6.45) is 4.33. The molecule has 1 aliphatic heterocycles. The minimum atomic E-state index is -0.574. The van der Waals surface area contributed by atoms with Gasteiger partial charge in [0.05, 0.1) is 12.2 Å². The quantitative estimate of drug-likeness (QED) is 0.613. The fraction of sp³-hybridized carbons (Fsp3) is 0.652. The molecular weight excluding hydrogens is 387 g/mol. The van der Waals surface area contributed by atoms with Crippen LogP contribution in [-0.4, -0.2) is 48.7 Å². The van der Waals surface area contributed by atoms with E-state index in [0.29, 0.717) is 37.9 Å². The van der Waals surface area contributed by atoms with E-state index < -0.39 is 17.3 Å². The van der Waals surface area contributed by atoms with Gasteiger partial charge in [-0.05, 0) is 70.9 Å². The Labute approximate surface area is 179 Å². The van der Waals surface area contributed by atoms with Crippen LogP contribution in [0.25, 0.3) is 0 Å². The number of amides is 2. The molecule has 0 aliphatic carbocycles. The average molecular weight is 423 g/mol. The van der Waals surface area contributed by atoms with Crippen LogP contribution in [-0.2, 0) is 4.74 Å². The number of piperidine rings is 1. The number of likely N-dealkylation sites (tertiary alicyclic amines) is 1. The van der Waals surface area contributed by atoms with Crippen LogP contribution in [0.4, 0.5) is 9.18 Å². The lowest BCUT2D eigenvalue weighted by molar-refractivity contribution is 0.0179. The maximum atomic E-state index is 14.1. The first-order valence-corrected chi connectivity index (χ1v) is 10.9. The van der Waals surface area contributed by atoms with Crippen LogP contribution in [0.5, 0.6) is 5.75 Å². The van der Waals surface area contributed by atoms with Crippen molar-refractivity contribution in [2.24, 2.45) is 5.92 Å². The van der Waals surface area contributed by atoms with E-state index in [4.69, 9.17) is 9.47 Å². The van der Waals surface area contributed by atoms with Gasteiger partial charge in [0.2, 0.25) is 0 Å². The number of hydrogen-bond acceptors (Lipinski definition) is 4. The molecule has 0 spiro atoms. The van der Waals surface area contributed by atoms with E-state index >= 15 is 0 Å². The smallest absolute Gasteiger partial charge is 0.410 e. The molecule has 0 saturated carbocycles. The number of nitrogens with one attached hydrogen (secondary N) is 1. The molecule has 0 bridgehead atoms. The third-order valence-corrected chi connectivity index (χ3v) is 5.01. The molecule has 1 aromatic rings. The third kappa shape index (κ3) is 7.84. The molecule has 168 valence electrons. The van der Waals surface area contributed by atoms with Gasteiger partial charge in [0.1, 0.15) is 17.2 Å². The van der Waals surface area contributed by atoms with Crippen LogP contribution < -0.4 is 10.1 Å². The molecule has 0 radical (unpaired) electrons. The maximum Gasteiger partial charge on any atom is 0.410 e. The minimum Gasteiger partial charge on any atom is -0.493 e. The van der Waals surface area contributed by atoms with Gasteiger partial charge in [-0.2, -0.15) is 0 Å². The summed E-state index contributed by atoms with van der Waals surface area (Å²) in [5.41, 5.74) is -0.435. The molecule has 1 aliphatic rings. The van der Waals surface area contributed by atoms with Crippen molar-refractivity contribution in [3.8, 4) is 5.75 Å². The molecule has 1 N–H and O–H groups in total. The molecule has 0 atom stereocenters. The first kappa shape index (κ1) is 24.0. The lowest BCUT2D eigenvalue weighted by Crippen LogP contribution is -2.41. The van der Waals surface area contributed by atoms with E-state index in [1.54, 1.807) is 11.0 Å². The SMILES string of the molecule is CCCNC(=O)c1ccc(OCCCC2CCN(C(=O)OC(C)(C)C)CC2)cc1F. The lowest BCUT2D eigenvalue weighted by Gasteiger charge is -2.33. The molecule has 30 heavy (non-hydrogen) atoms. The first-order chi connectivity index (χ1) is 14.2. The van der Waals surface area contributed by atoms with Crippen molar-refractivity contribution in [3.05, 3.63) is 29.6 Å². The Hall–Kier alpha value is -2.31. The maximum absolute atomic E-state index is 14.1. The van der Waals surface area contributed by atoms with Crippen molar-refractivity contribution in [3.63, 3.8) is 0 Å². The zero-order valence-electron chi connectivity index (χ0n) is 18.6. The summed E-state index contributed by atoms with van der Waals surface area (Å²) in [6, 6.07) is 4.35. The highest BCUT2D eigenvalue weighted by Gasteiger charge is 2.26. The molecule has 1 fully saturated rings. The van der Waals surface area contributed by atoms with E-state index in [0.717, 1.165) is 32.1 Å². The Kier molecular flexibility index (Phi) is 8.93. The number of rotatable bonds is 8. The second-order valence-electron chi connectivity index (χ2n) is 8.80. The number of nitrogens with zero attached hydrogens (tertiary/aromatic N) is 1. The van der Waals surface area contributed by atoms with Crippen molar-refractivity contribution in [1.29, 1.82) is 0 Å². The Morgan fingerprint density at radius 3 is 2.53 bits per heavy atom. The third-order valence-electron chi connectivity index (χ3n) is 5.01. The molecular formula is C23H35FN2O4. The zero-order valence-corrected chi connectivity index (χ0v) is 18.6. The van der Waals surface area contributed by atoms with E-state index in [9.17, 15) is 14.0 Å². The second kappa shape index (κ2) is 11.2. The van der Waals surface area contributed by atoms with E-state index in [-0.39, 0.29) is 11.7 Å². The summed E-state index contributed by atoms with van der Waals surface area (Å²) in [4.78, 5) is 25.8. The fourth-order valence-electron chi connectivity index (χ4n) is 3.40. The van der Waals surface area contributed by atoms with Gasteiger partial charge in [-0.1, -0.05) is 6.92 Å². The molecule has 7 heteroatoms. The summed E-state index contributed by atoms with van der Waals surface area (Å²) in [5.74, 6) is 0.00203. The average Bonchev–Trinajstić information content (AvgIpc) is 2.68. The highest BCUT2D eigenvalue weighted by Crippen LogP contribution is 2.24. The largest absolute Gasteiger partial charge is 0.493 e. The van der Waals surface area contributed by atoms with Gasteiger partial charge in [0.15, 0.2) is 0 Å². The van der Waals surface area contributed by atoms with Gasteiger partial charge in [0, 0.05) is 25.7 Å². The Morgan fingerprint density at radius 1 is 1.23 bits per heavy atom. The molecule has 1 saturated heterocycles. The van der Waals surface area contributed by atoms with Crippen molar-refractivity contribution < 1.29 is 23.5 Å². The van der Waals surface area contributed by atoms with Gasteiger partial charge >= 0.3 is 6.09 Å². The Morgan fingerprint density at radius 2 is 1.93 bits per heavy atom. The fourth-order valence-corrected chi connectivity index (χ4v) is 3.40. The standard InChI is InChI=1S/C23H35FN2O4/c1-5-12-25-21(27)19-9-8-18(16-20(19)24)29-15-6-7-17-10-13-26(14-11-17)22(28)30-23(2,3)4/h8-9,16-17H,5-7,10-15H2,1-4H3,(H,25,27). The molecule has 2 rings (SSSR count). The van der Waals surface area contributed by atoms with Crippen LogP contribution in [0.2, 0.25) is 0 Å².